The molecule has 2 rings (SSSR count). The molecule has 0 spiro atoms. The van der Waals surface area contributed by atoms with Gasteiger partial charge in [-0.3, -0.25) is 0 Å². The van der Waals surface area contributed by atoms with Crippen molar-refractivity contribution in [3.8, 4) is 5.75 Å². The van der Waals surface area contributed by atoms with Crippen LogP contribution >= 0.6 is 0 Å². The molecule has 1 atom stereocenters. The van der Waals surface area contributed by atoms with Crippen molar-refractivity contribution in [1.82, 2.24) is 20.1 Å². The van der Waals surface area contributed by atoms with Crippen molar-refractivity contribution in [2.45, 2.75) is 39.3 Å². The zero-order chi connectivity index (χ0) is 15.1. The van der Waals surface area contributed by atoms with Gasteiger partial charge in [-0.05, 0) is 44.0 Å². The molecule has 5 nitrogen and oxygen atoms in total. The number of nitrogens with zero attached hydrogens (tertiary/aromatic N) is 3. The third-order valence-corrected chi connectivity index (χ3v) is 3.38. The van der Waals surface area contributed by atoms with Crippen molar-refractivity contribution >= 4 is 0 Å². The van der Waals surface area contributed by atoms with E-state index < -0.39 is 0 Å². The molecule has 1 aromatic carbocycles. The van der Waals surface area contributed by atoms with E-state index in [4.69, 9.17) is 4.74 Å². The normalized spacial score (nSPS) is 12.3. The van der Waals surface area contributed by atoms with Gasteiger partial charge in [-0.15, -0.1) is 10.2 Å². The lowest BCUT2D eigenvalue weighted by Crippen LogP contribution is -2.28. The fraction of sp³-hybridized carbons (Fsp3) is 0.500. The molecule has 0 saturated carbocycles. The van der Waals surface area contributed by atoms with E-state index in [0.717, 1.165) is 24.5 Å². The first-order chi connectivity index (χ1) is 10.2. The Morgan fingerprint density at radius 3 is 2.67 bits per heavy atom. The number of benzene rings is 1. The minimum absolute atomic E-state index is 0.435. The number of rotatable bonds is 8. The van der Waals surface area contributed by atoms with Crippen LogP contribution in [-0.4, -0.2) is 27.4 Å². The standard InChI is InChI=1S/C16H24N4O/c1-4-9-17-13(2)10-14-5-7-15(8-6-14)21-11-16-19-18-12-20(16)3/h5-8,12-13,17H,4,9-11H2,1-3H3. The predicted molar refractivity (Wildman–Crippen MR) is 83.2 cm³/mol. The number of ether oxygens (including phenoxy) is 1. The van der Waals surface area contributed by atoms with Gasteiger partial charge in [0.1, 0.15) is 18.7 Å². The fourth-order valence-corrected chi connectivity index (χ4v) is 2.12. The molecule has 0 amide bonds. The van der Waals surface area contributed by atoms with E-state index in [1.165, 1.54) is 12.0 Å². The summed E-state index contributed by atoms with van der Waals surface area (Å²) in [6.45, 7) is 5.90. The summed E-state index contributed by atoms with van der Waals surface area (Å²) < 4.78 is 7.57. The molecule has 0 radical (unpaired) electrons. The highest BCUT2D eigenvalue weighted by Crippen LogP contribution is 2.14. The average molecular weight is 288 g/mol. The molecule has 1 heterocycles. The van der Waals surface area contributed by atoms with Crippen LogP contribution in [0.4, 0.5) is 0 Å². The Bertz CT molecular complexity index is 535. The van der Waals surface area contributed by atoms with Crippen LogP contribution in [0.2, 0.25) is 0 Å². The summed E-state index contributed by atoms with van der Waals surface area (Å²) in [4.78, 5) is 0. The Hall–Kier alpha value is -1.88. The number of hydrogen-bond donors (Lipinski definition) is 1. The van der Waals surface area contributed by atoms with E-state index in [1.807, 2.05) is 23.7 Å². The first-order valence-electron chi connectivity index (χ1n) is 7.47. The van der Waals surface area contributed by atoms with Crippen LogP contribution in [0, 0.1) is 0 Å². The van der Waals surface area contributed by atoms with Crippen LogP contribution in [0.15, 0.2) is 30.6 Å². The maximum Gasteiger partial charge on any atom is 0.170 e. The maximum atomic E-state index is 5.72. The maximum absolute atomic E-state index is 5.72. The van der Waals surface area contributed by atoms with Gasteiger partial charge in [0.05, 0.1) is 0 Å². The highest BCUT2D eigenvalue weighted by atomic mass is 16.5. The van der Waals surface area contributed by atoms with Crippen LogP contribution in [0.5, 0.6) is 5.75 Å². The van der Waals surface area contributed by atoms with Crippen molar-refractivity contribution in [3.63, 3.8) is 0 Å². The average Bonchev–Trinajstić information content (AvgIpc) is 2.90. The molecule has 0 aliphatic heterocycles. The molecule has 0 aliphatic rings. The molecule has 114 valence electrons. The zero-order valence-electron chi connectivity index (χ0n) is 13.0. The van der Waals surface area contributed by atoms with Crippen molar-refractivity contribution in [2.75, 3.05) is 6.54 Å². The lowest BCUT2D eigenvalue weighted by atomic mass is 10.1. The number of aryl methyl sites for hydroxylation is 1. The lowest BCUT2D eigenvalue weighted by molar-refractivity contribution is 0.291. The van der Waals surface area contributed by atoms with Crippen LogP contribution in [0.1, 0.15) is 31.7 Å². The largest absolute Gasteiger partial charge is 0.486 e. The predicted octanol–water partition coefficient (Wildman–Crippen LogP) is 2.32. The summed E-state index contributed by atoms with van der Waals surface area (Å²) in [5.41, 5.74) is 1.32. The van der Waals surface area contributed by atoms with Gasteiger partial charge in [-0.1, -0.05) is 19.1 Å². The number of nitrogens with one attached hydrogen (secondary N) is 1. The van der Waals surface area contributed by atoms with Crippen LogP contribution in [0.25, 0.3) is 0 Å². The topological polar surface area (TPSA) is 52.0 Å². The Kier molecular flexibility index (Phi) is 5.75. The summed E-state index contributed by atoms with van der Waals surface area (Å²) >= 11 is 0. The summed E-state index contributed by atoms with van der Waals surface area (Å²) in [6.07, 6.45) is 3.87. The highest BCUT2D eigenvalue weighted by Gasteiger charge is 2.04. The van der Waals surface area contributed by atoms with E-state index in [2.05, 4.69) is 41.5 Å². The van der Waals surface area contributed by atoms with Gasteiger partial charge in [0, 0.05) is 13.1 Å². The van der Waals surface area contributed by atoms with Crippen molar-refractivity contribution < 1.29 is 4.74 Å². The molecular weight excluding hydrogens is 264 g/mol. The summed E-state index contributed by atoms with van der Waals surface area (Å²) in [6, 6.07) is 8.76. The molecule has 1 N–H and O–H groups in total. The highest BCUT2D eigenvalue weighted by molar-refractivity contribution is 5.27. The molecule has 0 saturated heterocycles. The second-order valence-corrected chi connectivity index (χ2v) is 5.35. The summed E-state index contributed by atoms with van der Waals surface area (Å²) in [7, 11) is 1.91. The Labute approximate surface area is 126 Å². The molecule has 5 heteroatoms. The molecule has 2 aromatic rings. The number of aromatic nitrogens is 3. The van der Waals surface area contributed by atoms with Gasteiger partial charge in [0.25, 0.3) is 0 Å². The van der Waals surface area contributed by atoms with Gasteiger partial charge in [-0.2, -0.15) is 0 Å². The van der Waals surface area contributed by atoms with Crippen LogP contribution < -0.4 is 10.1 Å². The minimum Gasteiger partial charge on any atom is -0.486 e. The third kappa shape index (κ3) is 4.86. The zero-order valence-corrected chi connectivity index (χ0v) is 13.0. The molecule has 21 heavy (non-hydrogen) atoms. The Balaban J connectivity index is 1.83. The first kappa shape index (κ1) is 15.5. The van der Waals surface area contributed by atoms with E-state index >= 15 is 0 Å². The monoisotopic (exact) mass is 288 g/mol. The fourth-order valence-electron chi connectivity index (χ4n) is 2.12. The van der Waals surface area contributed by atoms with Crippen molar-refractivity contribution in [1.29, 1.82) is 0 Å². The van der Waals surface area contributed by atoms with Gasteiger partial charge < -0.3 is 14.6 Å². The SMILES string of the molecule is CCCNC(C)Cc1ccc(OCc2nncn2C)cc1. The molecule has 0 aliphatic carbocycles. The molecule has 1 aromatic heterocycles. The van der Waals surface area contributed by atoms with E-state index in [0.29, 0.717) is 12.6 Å². The summed E-state index contributed by atoms with van der Waals surface area (Å²) in [5.74, 6) is 1.67. The Morgan fingerprint density at radius 2 is 2.05 bits per heavy atom. The van der Waals surface area contributed by atoms with Crippen molar-refractivity contribution in [2.24, 2.45) is 7.05 Å². The van der Waals surface area contributed by atoms with E-state index in [9.17, 15) is 0 Å². The van der Waals surface area contributed by atoms with Gasteiger partial charge in [-0.25, -0.2) is 0 Å². The molecule has 0 bridgehead atoms. The van der Waals surface area contributed by atoms with E-state index in [1.54, 1.807) is 6.33 Å². The van der Waals surface area contributed by atoms with Gasteiger partial charge in [0.2, 0.25) is 0 Å². The van der Waals surface area contributed by atoms with Gasteiger partial charge in [0.15, 0.2) is 5.82 Å². The van der Waals surface area contributed by atoms with Crippen molar-refractivity contribution in [3.05, 3.63) is 42.0 Å². The molecule has 1 unspecified atom stereocenters. The second-order valence-electron chi connectivity index (χ2n) is 5.35. The Morgan fingerprint density at radius 1 is 1.29 bits per heavy atom. The first-order valence-corrected chi connectivity index (χ1v) is 7.47. The molecule has 0 fully saturated rings. The van der Waals surface area contributed by atoms with Crippen LogP contribution in [-0.2, 0) is 20.1 Å². The second kappa shape index (κ2) is 7.78. The number of hydrogen-bond acceptors (Lipinski definition) is 4. The quantitative estimate of drug-likeness (QED) is 0.810. The molecular formula is C16H24N4O. The lowest BCUT2D eigenvalue weighted by Gasteiger charge is -2.13. The van der Waals surface area contributed by atoms with E-state index in [-0.39, 0.29) is 0 Å². The van der Waals surface area contributed by atoms with Gasteiger partial charge >= 0.3 is 0 Å². The third-order valence-electron chi connectivity index (χ3n) is 3.38. The van der Waals surface area contributed by atoms with Crippen LogP contribution in [0.3, 0.4) is 0 Å². The minimum atomic E-state index is 0.435. The summed E-state index contributed by atoms with van der Waals surface area (Å²) in [5, 5.41) is 11.3. The smallest absolute Gasteiger partial charge is 0.170 e.